The zero-order valence-corrected chi connectivity index (χ0v) is 14.0. The van der Waals surface area contributed by atoms with Gasteiger partial charge in [-0.15, -0.1) is 0 Å². The summed E-state index contributed by atoms with van der Waals surface area (Å²) in [5, 5.41) is 0. The van der Waals surface area contributed by atoms with Crippen LogP contribution in [0.25, 0.3) is 0 Å². The minimum Gasteiger partial charge on any atom is -0.278 e. The molecule has 1 aromatic rings. The van der Waals surface area contributed by atoms with Gasteiger partial charge in [-0.2, -0.15) is 0 Å². The van der Waals surface area contributed by atoms with Gasteiger partial charge in [0.25, 0.3) is 0 Å². The molecule has 0 radical (unpaired) electrons. The number of carbonyl (C=O) groups excluding carboxylic acids is 2. The first-order chi connectivity index (χ1) is 10.6. The number of hydrogen-bond donors (Lipinski definition) is 0. The first kappa shape index (κ1) is 14.2. The van der Waals surface area contributed by atoms with Crippen molar-refractivity contribution in [2.75, 3.05) is 4.90 Å². The van der Waals surface area contributed by atoms with Gasteiger partial charge in [-0.25, -0.2) is 0 Å². The number of imide groups is 1. The molecule has 1 aromatic carbocycles. The topological polar surface area (TPSA) is 37.4 Å². The molecule has 114 valence electrons. The lowest BCUT2D eigenvalue weighted by atomic mass is 9.83. The molecule has 22 heavy (non-hydrogen) atoms. The number of allylic oxidation sites excluding steroid dienone is 2. The van der Waals surface area contributed by atoms with Crippen molar-refractivity contribution in [2.45, 2.75) is 19.8 Å². The highest BCUT2D eigenvalue weighted by Crippen LogP contribution is 2.72. The molecule has 0 saturated heterocycles. The average molecular weight is 360 g/mol. The molecule has 2 bridgehead atoms. The standard InChI is InChI=1S/C18H18BrNO2/c1-11-14-6-7-15(18(14)8-9-18)16(11)17(22)20(10-21)13-4-2-12(19)3-5-13/h2-7,10-11,14-16H,8-9H2,1H3/t11-,14-,15-,16+/m1/s1. The number of hydrogen-bond acceptors (Lipinski definition) is 2. The molecular formula is C18H18BrNO2. The van der Waals surface area contributed by atoms with Gasteiger partial charge in [0.05, 0.1) is 5.69 Å². The van der Waals surface area contributed by atoms with Crippen LogP contribution in [0.3, 0.4) is 0 Å². The van der Waals surface area contributed by atoms with Crippen molar-refractivity contribution in [2.24, 2.45) is 29.1 Å². The molecule has 4 rings (SSSR count). The van der Waals surface area contributed by atoms with Crippen LogP contribution in [0, 0.1) is 29.1 Å². The summed E-state index contributed by atoms with van der Waals surface area (Å²) < 4.78 is 0.933. The first-order valence-electron chi connectivity index (χ1n) is 7.81. The summed E-state index contributed by atoms with van der Waals surface area (Å²) in [6.45, 7) is 2.17. The zero-order chi connectivity index (χ0) is 15.5. The molecular weight excluding hydrogens is 342 g/mol. The third-order valence-electron chi connectivity index (χ3n) is 5.93. The maximum atomic E-state index is 13.0. The quantitative estimate of drug-likeness (QED) is 0.608. The van der Waals surface area contributed by atoms with Gasteiger partial charge >= 0.3 is 0 Å². The van der Waals surface area contributed by atoms with Crippen molar-refractivity contribution in [1.82, 2.24) is 0 Å². The Bertz CT molecular complexity index is 662. The van der Waals surface area contributed by atoms with Crippen LogP contribution in [0.15, 0.2) is 40.9 Å². The summed E-state index contributed by atoms with van der Waals surface area (Å²) in [5.41, 5.74) is 0.987. The zero-order valence-electron chi connectivity index (χ0n) is 12.4. The Balaban J connectivity index is 1.64. The van der Waals surface area contributed by atoms with E-state index in [0.29, 0.717) is 35.3 Å². The van der Waals surface area contributed by atoms with E-state index < -0.39 is 0 Å². The Labute approximate surface area is 138 Å². The van der Waals surface area contributed by atoms with Crippen molar-refractivity contribution in [3.05, 3.63) is 40.9 Å². The van der Waals surface area contributed by atoms with E-state index in [9.17, 15) is 9.59 Å². The van der Waals surface area contributed by atoms with Crippen molar-refractivity contribution >= 4 is 33.9 Å². The van der Waals surface area contributed by atoms with E-state index >= 15 is 0 Å². The Hall–Kier alpha value is -1.42. The fourth-order valence-electron chi connectivity index (χ4n) is 4.76. The lowest BCUT2D eigenvalue weighted by Crippen LogP contribution is -2.39. The van der Waals surface area contributed by atoms with Gasteiger partial charge in [-0.05, 0) is 60.3 Å². The van der Waals surface area contributed by atoms with Crippen molar-refractivity contribution in [3.8, 4) is 0 Å². The Kier molecular flexibility index (Phi) is 3.09. The van der Waals surface area contributed by atoms with E-state index in [-0.39, 0.29) is 11.8 Å². The summed E-state index contributed by atoms with van der Waals surface area (Å²) in [5.74, 6) is 1.05. The number of nitrogens with zero attached hydrogens (tertiary/aromatic N) is 1. The minimum atomic E-state index is -0.0636. The maximum absolute atomic E-state index is 13.0. The highest BCUT2D eigenvalue weighted by Gasteiger charge is 2.67. The van der Waals surface area contributed by atoms with Crippen LogP contribution in [0.4, 0.5) is 5.69 Å². The smallest absolute Gasteiger partial charge is 0.237 e. The molecule has 0 N–H and O–H groups in total. The lowest BCUT2D eigenvalue weighted by Gasteiger charge is -2.27. The van der Waals surface area contributed by atoms with Crippen molar-refractivity contribution in [1.29, 1.82) is 0 Å². The number of benzene rings is 1. The second kappa shape index (κ2) is 4.79. The number of anilines is 1. The predicted octanol–water partition coefficient (Wildman–Crippen LogP) is 3.79. The molecule has 0 unspecified atom stereocenters. The molecule has 3 nitrogen and oxygen atoms in total. The molecule has 0 aliphatic heterocycles. The van der Waals surface area contributed by atoms with E-state index in [1.165, 1.54) is 17.7 Å². The van der Waals surface area contributed by atoms with E-state index in [1.54, 1.807) is 12.1 Å². The van der Waals surface area contributed by atoms with Gasteiger partial charge in [0.15, 0.2) is 0 Å². The van der Waals surface area contributed by atoms with Gasteiger partial charge in [0.1, 0.15) is 0 Å². The maximum Gasteiger partial charge on any atom is 0.237 e. The van der Waals surface area contributed by atoms with Crippen LogP contribution in [-0.2, 0) is 9.59 Å². The molecule has 4 heteroatoms. The third kappa shape index (κ3) is 1.79. The van der Waals surface area contributed by atoms with Crippen LogP contribution in [0.1, 0.15) is 19.8 Å². The van der Waals surface area contributed by atoms with Crippen LogP contribution >= 0.6 is 15.9 Å². The predicted molar refractivity (Wildman–Crippen MR) is 88.1 cm³/mol. The minimum absolute atomic E-state index is 0.0482. The van der Waals surface area contributed by atoms with Crippen molar-refractivity contribution < 1.29 is 9.59 Å². The molecule has 0 heterocycles. The second-order valence-electron chi connectivity index (χ2n) is 6.84. The van der Waals surface area contributed by atoms with Gasteiger partial charge < -0.3 is 0 Å². The van der Waals surface area contributed by atoms with Crippen LogP contribution in [0.2, 0.25) is 0 Å². The van der Waals surface area contributed by atoms with Crippen molar-refractivity contribution in [3.63, 3.8) is 0 Å². The average Bonchev–Trinajstić information content (AvgIpc) is 3.17. The number of halogens is 1. The van der Waals surface area contributed by atoms with Gasteiger partial charge in [0.2, 0.25) is 12.3 Å². The summed E-state index contributed by atoms with van der Waals surface area (Å²) in [7, 11) is 0. The Morgan fingerprint density at radius 3 is 2.41 bits per heavy atom. The van der Waals surface area contributed by atoms with E-state index in [1.807, 2.05) is 12.1 Å². The molecule has 2 fully saturated rings. The normalized spacial score (nSPS) is 33.2. The summed E-state index contributed by atoms with van der Waals surface area (Å²) in [6, 6.07) is 7.31. The van der Waals surface area contributed by atoms with Crippen LogP contribution in [-0.4, -0.2) is 12.3 Å². The van der Waals surface area contributed by atoms with Gasteiger partial charge in [-0.1, -0.05) is 35.0 Å². The number of amides is 2. The fourth-order valence-corrected chi connectivity index (χ4v) is 5.03. The summed E-state index contributed by atoms with van der Waals surface area (Å²) in [4.78, 5) is 25.9. The molecule has 2 amide bonds. The van der Waals surface area contributed by atoms with Crippen LogP contribution in [0.5, 0.6) is 0 Å². The number of rotatable bonds is 3. The van der Waals surface area contributed by atoms with E-state index in [4.69, 9.17) is 0 Å². The molecule has 3 aliphatic carbocycles. The van der Waals surface area contributed by atoms with Gasteiger partial charge in [0, 0.05) is 10.4 Å². The Morgan fingerprint density at radius 1 is 1.23 bits per heavy atom. The monoisotopic (exact) mass is 359 g/mol. The third-order valence-corrected chi connectivity index (χ3v) is 6.46. The number of carbonyl (C=O) groups is 2. The van der Waals surface area contributed by atoms with Gasteiger partial charge in [-0.3, -0.25) is 14.5 Å². The highest BCUT2D eigenvalue weighted by molar-refractivity contribution is 9.10. The largest absolute Gasteiger partial charge is 0.278 e. The summed E-state index contributed by atoms with van der Waals surface area (Å²) in [6.07, 6.45) is 7.64. The molecule has 3 aliphatic rings. The highest BCUT2D eigenvalue weighted by atomic mass is 79.9. The molecule has 0 aromatic heterocycles. The molecule has 2 saturated carbocycles. The SMILES string of the molecule is C[C@H]1[C@H](C(=O)N(C=O)c2ccc(Br)cc2)[C@H]2C=C[C@H]1C21CC1. The van der Waals surface area contributed by atoms with Crippen LogP contribution < -0.4 is 4.90 Å². The molecule has 1 spiro atoms. The van der Waals surface area contributed by atoms with E-state index in [2.05, 4.69) is 35.0 Å². The second-order valence-corrected chi connectivity index (χ2v) is 7.76. The lowest BCUT2D eigenvalue weighted by molar-refractivity contribution is -0.126. The fraction of sp³-hybridized carbons (Fsp3) is 0.444. The summed E-state index contributed by atoms with van der Waals surface area (Å²) >= 11 is 3.38. The Morgan fingerprint density at radius 2 is 1.86 bits per heavy atom. The molecule has 4 atom stereocenters. The van der Waals surface area contributed by atoms with E-state index in [0.717, 1.165) is 4.47 Å². The first-order valence-corrected chi connectivity index (χ1v) is 8.60.